The molecule has 0 radical (unpaired) electrons. The van der Waals surface area contributed by atoms with Gasteiger partial charge in [0.25, 0.3) is 15.9 Å². The average molecular weight is 672 g/mol. The molecule has 1 aliphatic heterocycles. The van der Waals surface area contributed by atoms with Crippen molar-refractivity contribution in [3.8, 4) is 11.3 Å². The van der Waals surface area contributed by atoms with Crippen LogP contribution in [0.1, 0.15) is 62.5 Å². The molecule has 2 N–H and O–H groups in total. The maximum atomic E-state index is 14.0. The molecule has 248 valence electrons. The van der Waals surface area contributed by atoms with E-state index < -0.39 is 39.8 Å². The van der Waals surface area contributed by atoms with Crippen molar-refractivity contribution in [3.05, 3.63) is 70.4 Å². The van der Waals surface area contributed by atoms with Crippen LogP contribution < -0.4 is 4.72 Å². The van der Waals surface area contributed by atoms with E-state index in [0.717, 1.165) is 16.7 Å². The molecular weight excluding hydrogens is 630 g/mol. The van der Waals surface area contributed by atoms with Crippen molar-refractivity contribution in [2.45, 2.75) is 77.5 Å². The monoisotopic (exact) mass is 671 g/mol. The van der Waals surface area contributed by atoms with E-state index in [1.807, 2.05) is 45.9 Å². The zero-order valence-electron chi connectivity index (χ0n) is 27.2. The summed E-state index contributed by atoms with van der Waals surface area (Å²) in [5.74, 6) is -0.515. The number of ether oxygens (including phenoxy) is 1. The van der Waals surface area contributed by atoms with Gasteiger partial charge in [0.15, 0.2) is 0 Å². The smallest absolute Gasteiger partial charge is 0.410 e. The van der Waals surface area contributed by atoms with Gasteiger partial charge in [0, 0.05) is 30.3 Å². The van der Waals surface area contributed by atoms with E-state index in [4.69, 9.17) is 16.3 Å². The van der Waals surface area contributed by atoms with E-state index in [1.54, 1.807) is 26.8 Å². The highest BCUT2D eigenvalue weighted by atomic mass is 35.5. The molecule has 2 amide bonds. The van der Waals surface area contributed by atoms with Crippen molar-refractivity contribution < 1.29 is 27.9 Å². The number of nitrogens with one attached hydrogen (secondary N) is 1. The van der Waals surface area contributed by atoms with Crippen molar-refractivity contribution in [1.82, 2.24) is 19.8 Å². The number of carbonyl (C=O) groups is 2. The third-order valence-corrected chi connectivity index (χ3v) is 8.94. The predicted octanol–water partition coefficient (Wildman–Crippen LogP) is 5.68. The second kappa shape index (κ2) is 13.9. The maximum Gasteiger partial charge on any atom is 0.410 e. The number of aliphatic hydroxyl groups excluding tert-OH is 1. The zero-order valence-corrected chi connectivity index (χ0v) is 28.8. The van der Waals surface area contributed by atoms with Crippen molar-refractivity contribution in [1.29, 1.82) is 0 Å². The Kier molecular flexibility index (Phi) is 10.6. The van der Waals surface area contributed by atoms with Crippen LogP contribution in [-0.4, -0.2) is 82.7 Å². The van der Waals surface area contributed by atoms with Gasteiger partial charge in [-0.25, -0.2) is 27.9 Å². The molecular formula is C33H42ClN5O6S. The highest BCUT2D eigenvalue weighted by Gasteiger charge is 2.36. The molecule has 46 heavy (non-hydrogen) atoms. The Balaban J connectivity index is 1.62. The molecule has 2 atom stereocenters. The van der Waals surface area contributed by atoms with E-state index >= 15 is 0 Å². The highest BCUT2D eigenvalue weighted by Crippen LogP contribution is 2.29. The molecule has 1 aliphatic rings. The van der Waals surface area contributed by atoms with Crippen LogP contribution in [0.15, 0.2) is 53.4 Å². The van der Waals surface area contributed by atoms with E-state index in [2.05, 4.69) is 14.7 Å². The van der Waals surface area contributed by atoms with Gasteiger partial charge in [-0.1, -0.05) is 49.7 Å². The molecule has 4 rings (SSSR count). The van der Waals surface area contributed by atoms with E-state index in [-0.39, 0.29) is 47.1 Å². The number of benzene rings is 2. The van der Waals surface area contributed by atoms with Gasteiger partial charge in [0.1, 0.15) is 10.8 Å². The van der Waals surface area contributed by atoms with E-state index in [1.165, 1.54) is 34.1 Å². The van der Waals surface area contributed by atoms with Gasteiger partial charge in [-0.05, 0) is 76.3 Å². The molecule has 1 fully saturated rings. The second-order valence-electron chi connectivity index (χ2n) is 13.1. The molecule has 0 spiro atoms. The number of aliphatic hydroxyl groups is 1. The summed E-state index contributed by atoms with van der Waals surface area (Å²) >= 11 is 6.28. The largest absolute Gasteiger partial charge is 0.444 e. The van der Waals surface area contributed by atoms with Gasteiger partial charge in [-0.3, -0.25) is 4.79 Å². The molecule has 13 heteroatoms. The van der Waals surface area contributed by atoms with Crippen LogP contribution in [-0.2, 0) is 14.8 Å². The van der Waals surface area contributed by atoms with Gasteiger partial charge in [-0.15, -0.1) is 0 Å². The molecule has 1 aromatic heterocycles. The van der Waals surface area contributed by atoms with Gasteiger partial charge >= 0.3 is 6.09 Å². The first kappa shape index (κ1) is 35.1. The standard InChI is InChI=1S/C33H42ClN5O6S/c1-20(2)14-24-17-38(32(42)45-33(5,6)7)18-25(40)19-39(24)30(41)23-12-9-13-26(15-23)46(43,44)37-31-35-27(16-28(34)36-31)29-21(3)10-8-11-22(29)4/h8-13,15-16,20,24-25,40H,14,17-19H2,1-7H3,(H,35,36,37)/t24-,25?/m0/s1. The minimum Gasteiger partial charge on any atom is -0.444 e. The number of carbonyl (C=O) groups excluding carboxylic acids is 2. The maximum absolute atomic E-state index is 14.0. The Labute approximate surface area is 276 Å². The first-order valence-electron chi connectivity index (χ1n) is 15.1. The highest BCUT2D eigenvalue weighted by molar-refractivity contribution is 7.92. The molecule has 1 saturated heterocycles. The number of hydrogen-bond donors (Lipinski definition) is 2. The molecule has 3 aromatic rings. The minimum atomic E-state index is -4.25. The number of halogens is 1. The summed E-state index contributed by atoms with van der Waals surface area (Å²) in [6, 6.07) is 12.5. The van der Waals surface area contributed by atoms with Gasteiger partial charge in [0.2, 0.25) is 5.95 Å². The lowest BCUT2D eigenvalue weighted by Crippen LogP contribution is -2.47. The first-order chi connectivity index (χ1) is 21.4. The third kappa shape index (κ3) is 8.74. The third-order valence-electron chi connectivity index (χ3n) is 7.42. The molecule has 0 aliphatic carbocycles. The fraction of sp³-hybridized carbons (Fsp3) is 0.455. The van der Waals surface area contributed by atoms with Crippen molar-refractivity contribution in [2.75, 3.05) is 24.4 Å². The molecule has 0 bridgehead atoms. The topological polar surface area (TPSA) is 142 Å². The number of aryl methyl sites for hydroxylation is 2. The lowest BCUT2D eigenvalue weighted by molar-refractivity contribution is 0.0171. The summed E-state index contributed by atoms with van der Waals surface area (Å²) in [5, 5.41) is 10.9. The van der Waals surface area contributed by atoms with Gasteiger partial charge < -0.3 is 19.6 Å². The average Bonchev–Trinajstić information content (AvgIpc) is 3.09. The summed E-state index contributed by atoms with van der Waals surface area (Å²) in [4.78, 5) is 38.2. The fourth-order valence-corrected chi connectivity index (χ4v) is 6.71. The van der Waals surface area contributed by atoms with Crippen molar-refractivity contribution in [2.24, 2.45) is 5.92 Å². The number of sulfonamides is 1. The Morgan fingerprint density at radius 1 is 1.04 bits per heavy atom. The molecule has 1 unspecified atom stereocenters. The number of β-amino-alcohol motifs (C(OH)–C–C–N with tert-alkyl or cyclic N) is 1. The lowest BCUT2D eigenvalue weighted by Gasteiger charge is -2.33. The second-order valence-corrected chi connectivity index (χ2v) is 15.1. The lowest BCUT2D eigenvalue weighted by atomic mass is 10.00. The number of rotatable bonds is 7. The summed E-state index contributed by atoms with van der Waals surface area (Å²) in [6.07, 6.45) is -1.06. The quantitative estimate of drug-likeness (QED) is 0.306. The number of aromatic nitrogens is 2. The van der Waals surface area contributed by atoms with E-state index in [0.29, 0.717) is 12.1 Å². The minimum absolute atomic E-state index is 0.00468. The van der Waals surface area contributed by atoms with E-state index in [9.17, 15) is 23.1 Å². The Morgan fingerprint density at radius 3 is 2.33 bits per heavy atom. The number of anilines is 1. The first-order valence-corrected chi connectivity index (χ1v) is 17.0. The summed E-state index contributed by atoms with van der Waals surface area (Å²) in [5.41, 5.74) is 2.55. The van der Waals surface area contributed by atoms with Crippen LogP contribution in [0.25, 0.3) is 11.3 Å². The summed E-state index contributed by atoms with van der Waals surface area (Å²) < 4.78 is 35.0. The van der Waals surface area contributed by atoms with Crippen LogP contribution in [0.3, 0.4) is 0 Å². The fourth-order valence-electron chi connectivity index (χ4n) is 5.54. The van der Waals surface area contributed by atoms with Crippen LogP contribution in [0.4, 0.5) is 10.7 Å². The van der Waals surface area contributed by atoms with Crippen LogP contribution in [0.2, 0.25) is 5.15 Å². The predicted molar refractivity (Wildman–Crippen MR) is 177 cm³/mol. The zero-order chi connectivity index (χ0) is 34.0. The Morgan fingerprint density at radius 2 is 1.70 bits per heavy atom. The molecule has 0 saturated carbocycles. The SMILES string of the molecule is Cc1cccc(C)c1-c1cc(Cl)nc(NS(=O)(=O)c2cccc(C(=O)N3CC(O)CN(C(=O)OC(C)(C)C)C[C@@H]3CC(C)C)c2)n1. The van der Waals surface area contributed by atoms with Crippen molar-refractivity contribution >= 4 is 39.6 Å². The van der Waals surface area contributed by atoms with Gasteiger partial charge in [0.05, 0.1) is 29.3 Å². The normalized spacial score (nSPS) is 17.5. The van der Waals surface area contributed by atoms with Gasteiger partial charge in [-0.2, -0.15) is 0 Å². The number of nitrogens with zero attached hydrogens (tertiary/aromatic N) is 4. The van der Waals surface area contributed by atoms with Crippen molar-refractivity contribution in [3.63, 3.8) is 0 Å². The summed E-state index contributed by atoms with van der Waals surface area (Å²) in [7, 11) is -4.25. The molecule has 11 nitrogen and oxygen atoms in total. The molecule has 2 aromatic carbocycles. The van der Waals surface area contributed by atoms with Crippen LogP contribution in [0.5, 0.6) is 0 Å². The van der Waals surface area contributed by atoms with Crippen LogP contribution in [0, 0.1) is 19.8 Å². The summed E-state index contributed by atoms with van der Waals surface area (Å²) in [6.45, 7) is 13.3. The number of hydrogen-bond acceptors (Lipinski definition) is 8. The number of amides is 2. The molecule has 2 heterocycles. The Bertz CT molecular complexity index is 1690. The Hall–Kier alpha value is -3.74. The van der Waals surface area contributed by atoms with Crippen LogP contribution >= 0.6 is 11.6 Å².